The monoisotopic (exact) mass is 307 g/mol. The van der Waals surface area contributed by atoms with Gasteiger partial charge >= 0.3 is 0 Å². The molecule has 1 aliphatic rings. The quantitative estimate of drug-likeness (QED) is 0.678. The number of amides is 1. The first-order valence-corrected chi connectivity index (χ1v) is 7.65. The van der Waals surface area contributed by atoms with E-state index < -0.39 is 0 Å². The summed E-state index contributed by atoms with van der Waals surface area (Å²) in [5, 5.41) is 0. The number of rotatable bonds is 2. The molecular formula is C17H17N5O. The van der Waals surface area contributed by atoms with Crippen LogP contribution in [0.1, 0.15) is 24.9 Å². The van der Waals surface area contributed by atoms with E-state index in [1.54, 1.807) is 12.4 Å². The van der Waals surface area contributed by atoms with Gasteiger partial charge in [-0.3, -0.25) is 15.2 Å². The van der Waals surface area contributed by atoms with Crippen molar-refractivity contribution in [1.29, 1.82) is 0 Å². The van der Waals surface area contributed by atoms with Gasteiger partial charge in [0, 0.05) is 24.4 Å². The van der Waals surface area contributed by atoms with Crippen molar-refractivity contribution in [3.8, 4) is 11.4 Å². The molecule has 0 radical (unpaired) electrons. The van der Waals surface area contributed by atoms with Gasteiger partial charge in [0.05, 0.1) is 17.1 Å². The second-order valence-electron chi connectivity index (χ2n) is 5.96. The average Bonchev–Trinajstić information content (AvgIpc) is 2.99. The van der Waals surface area contributed by atoms with E-state index in [9.17, 15) is 4.79 Å². The number of hydrogen-bond acceptors (Lipinski definition) is 4. The molecule has 4 rings (SSSR count). The van der Waals surface area contributed by atoms with Crippen LogP contribution in [-0.2, 0) is 4.79 Å². The summed E-state index contributed by atoms with van der Waals surface area (Å²) in [5.74, 6) is 1.08. The highest BCUT2D eigenvalue weighted by Crippen LogP contribution is 2.29. The van der Waals surface area contributed by atoms with E-state index in [1.165, 1.54) is 0 Å². The molecule has 1 amide bonds. The fourth-order valence-electron chi connectivity index (χ4n) is 3.03. The molecule has 23 heavy (non-hydrogen) atoms. The zero-order valence-corrected chi connectivity index (χ0v) is 12.7. The lowest BCUT2D eigenvalue weighted by atomic mass is 9.90. The van der Waals surface area contributed by atoms with Crippen LogP contribution in [0.15, 0.2) is 42.7 Å². The minimum atomic E-state index is 0.0373. The highest BCUT2D eigenvalue weighted by molar-refractivity contribution is 5.80. The molecule has 6 heteroatoms. The van der Waals surface area contributed by atoms with Gasteiger partial charge in [0.15, 0.2) is 0 Å². The van der Waals surface area contributed by atoms with Gasteiger partial charge in [-0.25, -0.2) is 10.4 Å². The van der Waals surface area contributed by atoms with Crippen LogP contribution in [0, 0.1) is 5.92 Å². The Bertz CT molecular complexity index is 858. The Kier molecular flexibility index (Phi) is 3.31. The maximum absolute atomic E-state index is 11.4. The second-order valence-corrected chi connectivity index (χ2v) is 5.96. The maximum atomic E-state index is 11.4. The number of carbonyl (C=O) groups excluding carboxylic acids is 1. The van der Waals surface area contributed by atoms with Crippen LogP contribution in [0.2, 0.25) is 0 Å². The van der Waals surface area contributed by atoms with Crippen LogP contribution >= 0.6 is 0 Å². The Hall–Kier alpha value is -2.73. The summed E-state index contributed by atoms with van der Waals surface area (Å²) in [6, 6.07) is 10.1. The lowest BCUT2D eigenvalue weighted by molar-refractivity contribution is -0.125. The van der Waals surface area contributed by atoms with Gasteiger partial charge in [0.1, 0.15) is 5.82 Å². The molecule has 2 unspecified atom stereocenters. The molecule has 0 spiro atoms. The number of hydrogen-bond donors (Lipinski definition) is 3. The van der Waals surface area contributed by atoms with E-state index in [0.717, 1.165) is 28.0 Å². The molecule has 2 aromatic heterocycles. The summed E-state index contributed by atoms with van der Waals surface area (Å²) in [5.41, 5.74) is 9.80. The van der Waals surface area contributed by atoms with E-state index in [-0.39, 0.29) is 17.9 Å². The van der Waals surface area contributed by atoms with Crippen LogP contribution < -0.4 is 10.9 Å². The fraction of sp³-hybridized carbons (Fsp3) is 0.235. The van der Waals surface area contributed by atoms with Gasteiger partial charge in [-0.05, 0) is 35.7 Å². The Morgan fingerprint density at radius 3 is 2.96 bits per heavy atom. The molecule has 1 aliphatic heterocycles. The number of nitrogens with zero attached hydrogens (tertiary/aromatic N) is 2. The van der Waals surface area contributed by atoms with E-state index in [4.69, 9.17) is 0 Å². The molecule has 3 aromatic rings. The van der Waals surface area contributed by atoms with Crippen LogP contribution in [0.4, 0.5) is 0 Å². The highest BCUT2D eigenvalue weighted by Gasteiger charge is 2.26. The first-order valence-electron chi connectivity index (χ1n) is 7.65. The summed E-state index contributed by atoms with van der Waals surface area (Å²) in [7, 11) is 0. The lowest BCUT2D eigenvalue weighted by Gasteiger charge is -2.30. The highest BCUT2D eigenvalue weighted by atomic mass is 16.2. The van der Waals surface area contributed by atoms with Gasteiger partial charge in [0.2, 0.25) is 5.91 Å². The van der Waals surface area contributed by atoms with Crippen molar-refractivity contribution < 1.29 is 4.79 Å². The smallest absolute Gasteiger partial charge is 0.234 e. The molecule has 3 heterocycles. The normalized spacial score (nSPS) is 21.3. The van der Waals surface area contributed by atoms with Crippen molar-refractivity contribution in [2.45, 2.75) is 19.4 Å². The SMILES string of the molecule is CC1CC(=O)NNC1c1ccc2nc(-c3cccnc3)[nH]c2c1. The first kappa shape index (κ1) is 13.9. The second kappa shape index (κ2) is 5.48. The average molecular weight is 307 g/mol. The molecule has 0 aliphatic carbocycles. The van der Waals surface area contributed by atoms with E-state index in [2.05, 4.69) is 44.9 Å². The zero-order valence-electron chi connectivity index (χ0n) is 12.7. The summed E-state index contributed by atoms with van der Waals surface area (Å²) >= 11 is 0. The molecule has 0 bridgehead atoms. The standard InChI is InChI=1S/C17H17N5O/c1-10-7-15(23)21-22-16(10)11-4-5-13-14(8-11)20-17(19-13)12-3-2-6-18-9-12/h2-6,8-10,16,22H,7H2,1H3,(H,19,20)(H,21,23). The van der Waals surface area contributed by atoms with Gasteiger partial charge < -0.3 is 4.98 Å². The Morgan fingerprint density at radius 2 is 2.17 bits per heavy atom. The van der Waals surface area contributed by atoms with Crippen molar-refractivity contribution >= 4 is 16.9 Å². The minimum Gasteiger partial charge on any atom is -0.338 e. The van der Waals surface area contributed by atoms with E-state index in [1.807, 2.05) is 18.2 Å². The number of pyridine rings is 1. The number of fused-ring (bicyclic) bond motifs is 1. The molecule has 0 saturated carbocycles. The number of imidazole rings is 1. The number of H-pyrrole nitrogens is 1. The number of carbonyl (C=O) groups is 1. The minimum absolute atomic E-state index is 0.0373. The Labute approximate surface area is 133 Å². The van der Waals surface area contributed by atoms with Gasteiger partial charge in [-0.1, -0.05) is 13.0 Å². The fourth-order valence-corrected chi connectivity index (χ4v) is 3.03. The number of aromatic amines is 1. The predicted octanol–water partition coefficient (Wildman–Crippen LogP) is 2.33. The van der Waals surface area contributed by atoms with Gasteiger partial charge in [0.25, 0.3) is 0 Å². The van der Waals surface area contributed by atoms with Crippen LogP contribution in [0.5, 0.6) is 0 Å². The number of nitrogens with one attached hydrogen (secondary N) is 3. The third-order valence-electron chi connectivity index (χ3n) is 4.24. The van der Waals surface area contributed by atoms with Gasteiger partial charge in [-0.2, -0.15) is 0 Å². The third-order valence-corrected chi connectivity index (χ3v) is 4.24. The topological polar surface area (TPSA) is 82.7 Å². The van der Waals surface area contributed by atoms with Crippen molar-refractivity contribution in [2.75, 3.05) is 0 Å². The largest absolute Gasteiger partial charge is 0.338 e. The van der Waals surface area contributed by atoms with E-state index in [0.29, 0.717) is 6.42 Å². The van der Waals surface area contributed by atoms with Crippen LogP contribution in [-0.4, -0.2) is 20.9 Å². The van der Waals surface area contributed by atoms with E-state index >= 15 is 0 Å². The van der Waals surface area contributed by atoms with Crippen LogP contribution in [0.3, 0.4) is 0 Å². The number of aromatic nitrogens is 3. The molecule has 1 saturated heterocycles. The molecule has 6 nitrogen and oxygen atoms in total. The predicted molar refractivity (Wildman–Crippen MR) is 87.1 cm³/mol. The summed E-state index contributed by atoms with van der Waals surface area (Å²) in [6.07, 6.45) is 4.06. The first-order chi connectivity index (χ1) is 11.2. The summed E-state index contributed by atoms with van der Waals surface area (Å²) in [4.78, 5) is 23.5. The molecule has 2 atom stereocenters. The van der Waals surface area contributed by atoms with Crippen molar-refractivity contribution in [3.05, 3.63) is 48.3 Å². The van der Waals surface area contributed by atoms with Crippen molar-refractivity contribution in [1.82, 2.24) is 25.8 Å². The zero-order chi connectivity index (χ0) is 15.8. The number of benzene rings is 1. The molecule has 3 N–H and O–H groups in total. The number of hydrazine groups is 1. The summed E-state index contributed by atoms with van der Waals surface area (Å²) in [6.45, 7) is 2.08. The van der Waals surface area contributed by atoms with Crippen LogP contribution in [0.25, 0.3) is 22.4 Å². The lowest BCUT2D eigenvalue weighted by Crippen LogP contribution is -2.48. The molecule has 116 valence electrons. The maximum Gasteiger partial charge on any atom is 0.234 e. The molecule has 1 aromatic carbocycles. The Morgan fingerprint density at radius 1 is 1.26 bits per heavy atom. The molecule has 1 fully saturated rings. The van der Waals surface area contributed by atoms with Gasteiger partial charge in [-0.15, -0.1) is 0 Å². The van der Waals surface area contributed by atoms with Crippen molar-refractivity contribution in [2.24, 2.45) is 5.92 Å². The molecular weight excluding hydrogens is 290 g/mol. The van der Waals surface area contributed by atoms with Crippen molar-refractivity contribution in [3.63, 3.8) is 0 Å². The third kappa shape index (κ3) is 2.57. The summed E-state index contributed by atoms with van der Waals surface area (Å²) < 4.78 is 0. The Balaban J connectivity index is 1.70.